The monoisotopic (exact) mass is 381 g/mol. The van der Waals surface area contributed by atoms with Gasteiger partial charge in [0.25, 0.3) is 0 Å². The summed E-state index contributed by atoms with van der Waals surface area (Å²) >= 11 is 0. The molecular formula is C14H27N3O5S2. The van der Waals surface area contributed by atoms with Gasteiger partial charge in [0.05, 0.1) is 10.5 Å². The number of amides is 2. The summed E-state index contributed by atoms with van der Waals surface area (Å²) in [4.78, 5) is 14.0. The third kappa shape index (κ3) is 4.20. The van der Waals surface area contributed by atoms with E-state index in [1.807, 2.05) is 0 Å². The molecule has 1 aliphatic carbocycles. The van der Waals surface area contributed by atoms with Gasteiger partial charge in [-0.1, -0.05) is 0 Å². The topological polar surface area (TPSA) is 113 Å². The lowest BCUT2D eigenvalue weighted by atomic mass is 10.0. The van der Waals surface area contributed by atoms with Crippen LogP contribution in [0, 0.1) is 5.92 Å². The Bertz CT molecular complexity index is 685. The number of hydrogen-bond acceptors (Lipinski definition) is 5. The number of hydrogen-bond donors (Lipinski definition) is 2. The Kier molecular flexibility index (Phi) is 5.51. The van der Waals surface area contributed by atoms with Crippen LogP contribution in [0.4, 0.5) is 4.79 Å². The second kappa shape index (κ2) is 6.80. The summed E-state index contributed by atoms with van der Waals surface area (Å²) in [7, 11) is -5.16. The Morgan fingerprint density at radius 2 is 1.92 bits per heavy atom. The fraction of sp³-hybridized carbons (Fsp3) is 0.929. The molecule has 0 radical (unpaired) electrons. The van der Waals surface area contributed by atoms with Crippen molar-refractivity contribution in [1.82, 2.24) is 14.9 Å². The first-order valence-electron chi connectivity index (χ1n) is 8.17. The second-order valence-corrected chi connectivity index (χ2v) is 11.3. The van der Waals surface area contributed by atoms with Crippen molar-refractivity contribution >= 4 is 25.9 Å². The Balaban J connectivity index is 1.95. The van der Waals surface area contributed by atoms with Crippen molar-refractivity contribution in [2.45, 2.75) is 43.4 Å². The van der Waals surface area contributed by atoms with Crippen molar-refractivity contribution in [3.05, 3.63) is 0 Å². The average molecular weight is 382 g/mol. The molecule has 1 saturated heterocycles. The molecular weight excluding hydrogens is 354 g/mol. The summed E-state index contributed by atoms with van der Waals surface area (Å²) < 4.78 is 48.6. The lowest BCUT2D eigenvalue weighted by molar-refractivity contribution is 0.167. The first-order chi connectivity index (χ1) is 11.0. The predicted molar refractivity (Wildman–Crippen MR) is 91.9 cm³/mol. The molecule has 0 aromatic carbocycles. The van der Waals surface area contributed by atoms with E-state index < -0.39 is 30.6 Å². The number of carbonyl (C=O) groups is 1. The SMILES string of the molecule is CNS(=O)(=O)CC1CCCN(C(=O)NC(C)C2(S(C)(=O)=O)CC2)C1. The predicted octanol–water partition coefficient (Wildman–Crippen LogP) is -0.0771. The zero-order valence-corrected chi connectivity index (χ0v) is 16.0. The van der Waals surface area contributed by atoms with Gasteiger partial charge in [0, 0.05) is 25.4 Å². The van der Waals surface area contributed by atoms with E-state index in [0.717, 1.165) is 12.8 Å². The van der Waals surface area contributed by atoms with Crippen LogP contribution in [0.3, 0.4) is 0 Å². The Labute approximate surface area is 144 Å². The van der Waals surface area contributed by atoms with E-state index in [1.54, 1.807) is 11.8 Å². The Morgan fingerprint density at radius 1 is 1.29 bits per heavy atom. The number of nitrogens with one attached hydrogen (secondary N) is 2. The zero-order chi connectivity index (χ0) is 18.2. The molecule has 10 heteroatoms. The van der Waals surface area contributed by atoms with Gasteiger partial charge in [-0.05, 0) is 45.6 Å². The summed E-state index contributed by atoms with van der Waals surface area (Å²) in [5.41, 5.74) is 0. The van der Waals surface area contributed by atoms with Crippen molar-refractivity contribution in [2.24, 2.45) is 5.92 Å². The van der Waals surface area contributed by atoms with Gasteiger partial charge in [-0.25, -0.2) is 26.4 Å². The number of sulfonamides is 1. The van der Waals surface area contributed by atoms with Crippen molar-refractivity contribution in [3.8, 4) is 0 Å². The quantitative estimate of drug-likeness (QED) is 0.668. The third-order valence-corrected chi connectivity index (χ3v) is 8.95. The van der Waals surface area contributed by atoms with Crippen LogP contribution < -0.4 is 10.0 Å². The lowest BCUT2D eigenvalue weighted by Gasteiger charge is -2.34. The fourth-order valence-corrected chi connectivity index (χ4v) is 6.04. The molecule has 0 spiro atoms. The van der Waals surface area contributed by atoms with Gasteiger partial charge < -0.3 is 10.2 Å². The smallest absolute Gasteiger partial charge is 0.317 e. The van der Waals surface area contributed by atoms with Crippen LogP contribution in [0.2, 0.25) is 0 Å². The molecule has 2 unspecified atom stereocenters. The standard InChI is InChI=1S/C14H27N3O5S2/c1-11(14(6-7-14)23(3,19)20)16-13(18)17-8-4-5-12(9-17)10-24(21,22)15-2/h11-12,15H,4-10H2,1-3H3,(H,16,18). The van der Waals surface area contributed by atoms with Gasteiger partial charge in [-0.2, -0.15) is 0 Å². The Morgan fingerprint density at radius 3 is 2.42 bits per heavy atom. The number of piperidine rings is 1. The van der Waals surface area contributed by atoms with Crippen molar-refractivity contribution < 1.29 is 21.6 Å². The van der Waals surface area contributed by atoms with Crippen LogP contribution in [0.1, 0.15) is 32.6 Å². The minimum atomic E-state index is -3.31. The van der Waals surface area contributed by atoms with Crippen LogP contribution in [0.25, 0.3) is 0 Å². The molecule has 2 rings (SSSR count). The first-order valence-corrected chi connectivity index (χ1v) is 11.7. The number of nitrogens with zero attached hydrogens (tertiary/aromatic N) is 1. The van der Waals surface area contributed by atoms with Gasteiger partial charge in [-0.15, -0.1) is 0 Å². The molecule has 1 heterocycles. The Hall–Kier alpha value is -0.870. The molecule has 2 fully saturated rings. The molecule has 2 aliphatic rings. The molecule has 2 N–H and O–H groups in total. The fourth-order valence-electron chi connectivity index (χ4n) is 3.44. The minimum Gasteiger partial charge on any atom is -0.334 e. The van der Waals surface area contributed by atoms with E-state index in [1.165, 1.54) is 13.3 Å². The molecule has 0 bridgehead atoms. The number of sulfone groups is 1. The highest BCUT2D eigenvalue weighted by Gasteiger charge is 2.56. The van der Waals surface area contributed by atoms with Crippen LogP contribution in [-0.2, 0) is 19.9 Å². The summed E-state index contributed by atoms with van der Waals surface area (Å²) in [6, 6.07) is -0.773. The van der Waals surface area contributed by atoms with Crippen LogP contribution in [0.15, 0.2) is 0 Å². The van der Waals surface area contributed by atoms with E-state index in [2.05, 4.69) is 10.0 Å². The molecule has 24 heavy (non-hydrogen) atoms. The molecule has 2 amide bonds. The van der Waals surface area contributed by atoms with Crippen molar-refractivity contribution in [1.29, 1.82) is 0 Å². The number of carbonyl (C=O) groups excluding carboxylic acids is 1. The van der Waals surface area contributed by atoms with Gasteiger partial charge in [-0.3, -0.25) is 0 Å². The number of likely N-dealkylation sites (tertiary alicyclic amines) is 1. The third-order valence-electron chi connectivity index (χ3n) is 5.18. The van der Waals surface area contributed by atoms with E-state index >= 15 is 0 Å². The second-order valence-electron chi connectivity index (χ2n) is 6.95. The summed E-state index contributed by atoms with van der Waals surface area (Å²) in [5.74, 6) is -0.113. The minimum absolute atomic E-state index is 0.00386. The van der Waals surface area contributed by atoms with Crippen molar-refractivity contribution in [2.75, 3.05) is 32.1 Å². The summed E-state index contributed by atoms with van der Waals surface area (Å²) in [6.45, 7) is 2.64. The van der Waals surface area contributed by atoms with Crippen molar-refractivity contribution in [3.63, 3.8) is 0 Å². The van der Waals surface area contributed by atoms with Crippen LogP contribution >= 0.6 is 0 Å². The maximum absolute atomic E-state index is 12.4. The normalized spacial score (nSPS) is 25.1. The van der Waals surface area contributed by atoms with Crippen LogP contribution in [-0.4, -0.2) is 70.7 Å². The largest absolute Gasteiger partial charge is 0.334 e. The maximum Gasteiger partial charge on any atom is 0.317 e. The molecule has 0 aromatic heterocycles. The number of rotatable bonds is 6. The molecule has 0 aromatic rings. The molecule has 140 valence electrons. The van der Waals surface area contributed by atoms with Gasteiger partial charge in [0.1, 0.15) is 0 Å². The van der Waals surface area contributed by atoms with Gasteiger partial charge >= 0.3 is 6.03 Å². The van der Waals surface area contributed by atoms with Gasteiger partial charge in [0.15, 0.2) is 9.84 Å². The molecule has 1 saturated carbocycles. The molecule has 8 nitrogen and oxygen atoms in total. The molecule has 2 atom stereocenters. The highest BCUT2D eigenvalue weighted by molar-refractivity contribution is 7.92. The van der Waals surface area contributed by atoms with E-state index in [9.17, 15) is 21.6 Å². The highest BCUT2D eigenvalue weighted by atomic mass is 32.2. The zero-order valence-electron chi connectivity index (χ0n) is 14.4. The van der Waals surface area contributed by atoms with E-state index in [-0.39, 0.29) is 17.7 Å². The maximum atomic E-state index is 12.4. The average Bonchev–Trinajstić information content (AvgIpc) is 3.28. The van der Waals surface area contributed by atoms with Gasteiger partial charge in [0.2, 0.25) is 10.0 Å². The summed E-state index contributed by atoms with van der Waals surface area (Å²) in [5, 5.41) is 2.80. The highest BCUT2D eigenvalue weighted by Crippen LogP contribution is 2.46. The summed E-state index contributed by atoms with van der Waals surface area (Å²) in [6.07, 6.45) is 3.84. The van der Waals surface area contributed by atoms with E-state index in [4.69, 9.17) is 0 Å². The number of urea groups is 1. The lowest BCUT2D eigenvalue weighted by Crippen LogP contribution is -2.53. The first kappa shape index (κ1) is 19.5. The molecule has 1 aliphatic heterocycles. The van der Waals surface area contributed by atoms with E-state index in [0.29, 0.717) is 25.9 Å². The van der Waals surface area contributed by atoms with Crippen LogP contribution in [0.5, 0.6) is 0 Å².